The number of piperidine rings is 1. The number of amides is 2. The highest BCUT2D eigenvalue weighted by atomic mass is 32.2. The number of benzene rings is 2. The summed E-state index contributed by atoms with van der Waals surface area (Å²) in [5.74, 6) is 0.927. The van der Waals surface area contributed by atoms with Gasteiger partial charge in [-0.15, -0.1) is 0 Å². The number of nitrogens with one attached hydrogen (secondary N) is 1. The van der Waals surface area contributed by atoms with E-state index in [9.17, 15) is 18.0 Å². The van der Waals surface area contributed by atoms with Crippen LogP contribution in [0.15, 0.2) is 36.4 Å². The van der Waals surface area contributed by atoms with Gasteiger partial charge < -0.3 is 19.7 Å². The van der Waals surface area contributed by atoms with Crippen molar-refractivity contribution in [2.24, 2.45) is 5.92 Å². The molecule has 2 aromatic carbocycles. The highest BCUT2D eigenvalue weighted by Gasteiger charge is 2.34. The van der Waals surface area contributed by atoms with Gasteiger partial charge in [0, 0.05) is 42.4 Å². The SMILES string of the molecule is C[C@H]1Cc2cc(C(=O)N3CCC(C(=O)Nc4ccc5c(c4)OCO5)CC3)ccc2N1S(C)(=O)=O. The predicted octanol–water partition coefficient (Wildman–Crippen LogP) is 2.62. The summed E-state index contributed by atoms with van der Waals surface area (Å²) < 4.78 is 36.3. The van der Waals surface area contributed by atoms with Gasteiger partial charge in [-0.3, -0.25) is 13.9 Å². The standard InChI is InChI=1S/C24H27N3O6S/c1-15-11-18-12-17(3-5-20(18)27(15)34(2,30)31)24(29)26-9-7-16(8-10-26)23(28)25-19-4-6-21-22(13-19)33-14-32-21/h3-6,12-13,15-16H,7-11,14H2,1-2H3,(H,25,28)/t15-/m0/s1. The Morgan fingerprint density at radius 1 is 1.03 bits per heavy atom. The zero-order chi connectivity index (χ0) is 24.0. The summed E-state index contributed by atoms with van der Waals surface area (Å²) in [4.78, 5) is 27.6. The largest absolute Gasteiger partial charge is 0.454 e. The smallest absolute Gasteiger partial charge is 0.253 e. The van der Waals surface area contributed by atoms with Crippen LogP contribution in [0.5, 0.6) is 11.5 Å². The third-order valence-corrected chi connectivity index (χ3v) is 7.90. The maximum Gasteiger partial charge on any atom is 0.253 e. The quantitative estimate of drug-likeness (QED) is 0.714. The number of hydrogen-bond acceptors (Lipinski definition) is 6. The Bertz CT molecular complexity index is 1250. The third-order valence-electron chi connectivity index (χ3n) is 6.63. The Kier molecular flexibility index (Phi) is 5.63. The van der Waals surface area contributed by atoms with Crippen molar-refractivity contribution in [3.05, 3.63) is 47.5 Å². The summed E-state index contributed by atoms with van der Waals surface area (Å²) in [6.07, 6.45) is 2.92. The molecule has 0 aliphatic carbocycles. The molecule has 0 bridgehead atoms. The first-order valence-electron chi connectivity index (χ1n) is 11.3. The van der Waals surface area contributed by atoms with E-state index >= 15 is 0 Å². The van der Waals surface area contributed by atoms with Crippen molar-refractivity contribution in [3.8, 4) is 11.5 Å². The maximum absolute atomic E-state index is 13.1. The molecule has 2 amide bonds. The Labute approximate surface area is 198 Å². The number of ether oxygens (including phenoxy) is 2. The minimum atomic E-state index is -3.37. The summed E-state index contributed by atoms with van der Waals surface area (Å²) in [7, 11) is -3.37. The molecular formula is C24H27N3O6S. The number of nitrogens with zero attached hydrogens (tertiary/aromatic N) is 2. The van der Waals surface area contributed by atoms with Crippen molar-refractivity contribution < 1.29 is 27.5 Å². The van der Waals surface area contributed by atoms with Crippen molar-refractivity contribution in [1.82, 2.24) is 4.90 Å². The van der Waals surface area contributed by atoms with E-state index in [0.717, 1.165) is 5.56 Å². The normalized spacial score (nSPS) is 19.8. The topological polar surface area (TPSA) is 105 Å². The fraction of sp³-hybridized carbons (Fsp3) is 0.417. The van der Waals surface area contributed by atoms with Crippen LogP contribution in [0.3, 0.4) is 0 Å². The van der Waals surface area contributed by atoms with Gasteiger partial charge in [0.25, 0.3) is 5.91 Å². The molecule has 3 heterocycles. The van der Waals surface area contributed by atoms with E-state index in [2.05, 4.69) is 5.32 Å². The molecule has 1 N–H and O–H groups in total. The number of likely N-dealkylation sites (tertiary alicyclic amines) is 1. The molecule has 0 saturated carbocycles. The van der Waals surface area contributed by atoms with E-state index in [1.54, 1.807) is 41.3 Å². The zero-order valence-corrected chi connectivity index (χ0v) is 19.9. The van der Waals surface area contributed by atoms with Crippen LogP contribution >= 0.6 is 0 Å². The molecule has 0 unspecified atom stereocenters. The minimum Gasteiger partial charge on any atom is -0.454 e. The molecular weight excluding hydrogens is 458 g/mol. The van der Waals surface area contributed by atoms with E-state index in [1.165, 1.54) is 10.6 Å². The van der Waals surface area contributed by atoms with Crippen molar-refractivity contribution in [1.29, 1.82) is 0 Å². The summed E-state index contributed by atoms with van der Waals surface area (Å²) >= 11 is 0. The molecule has 180 valence electrons. The second kappa shape index (κ2) is 8.50. The van der Waals surface area contributed by atoms with Gasteiger partial charge in [-0.25, -0.2) is 8.42 Å². The van der Waals surface area contributed by atoms with Crippen LogP contribution in [0.25, 0.3) is 0 Å². The van der Waals surface area contributed by atoms with Crippen LogP contribution in [0, 0.1) is 5.92 Å². The van der Waals surface area contributed by atoms with E-state index < -0.39 is 10.0 Å². The van der Waals surface area contributed by atoms with Crippen molar-refractivity contribution in [3.63, 3.8) is 0 Å². The van der Waals surface area contributed by atoms with Crippen molar-refractivity contribution in [2.45, 2.75) is 32.2 Å². The lowest BCUT2D eigenvalue weighted by Crippen LogP contribution is -2.41. The number of hydrogen-bond donors (Lipinski definition) is 1. The highest BCUT2D eigenvalue weighted by Crippen LogP contribution is 2.36. The van der Waals surface area contributed by atoms with E-state index in [-0.39, 0.29) is 30.6 Å². The number of carbonyl (C=O) groups excluding carboxylic acids is 2. The molecule has 9 nitrogen and oxygen atoms in total. The molecule has 1 fully saturated rings. The molecule has 0 radical (unpaired) electrons. The zero-order valence-electron chi connectivity index (χ0n) is 19.1. The van der Waals surface area contributed by atoms with Gasteiger partial charge in [0.05, 0.1) is 11.9 Å². The molecule has 3 aliphatic heterocycles. The second-order valence-electron chi connectivity index (χ2n) is 9.08. The van der Waals surface area contributed by atoms with E-state index in [4.69, 9.17) is 9.47 Å². The number of anilines is 2. The molecule has 0 spiro atoms. The van der Waals surface area contributed by atoms with Crippen LogP contribution < -0.4 is 19.1 Å². The molecule has 1 atom stereocenters. The van der Waals surface area contributed by atoms with E-state index in [0.29, 0.717) is 60.8 Å². The van der Waals surface area contributed by atoms with Gasteiger partial charge in [-0.05, 0) is 62.1 Å². The number of rotatable bonds is 4. The summed E-state index contributed by atoms with van der Waals surface area (Å²) in [5, 5.41) is 2.93. The monoisotopic (exact) mass is 485 g/mol. The first-order chi connectivity index (χ1) is 16.2. The van der Waals surface area contributed by atoms with Gasteiger partial charge in [-0.2, -0.15) is 0 Å². The lowest BCUT2D eigenvalue weighted by atomic mass is 9.95. The third kappa shape index (κ3) is 4.18. The minimum absolute atomic E-state index is 0.0710. The molecule has 1 saturated heterocycles. The van der Waals surface area contributed by atoms with Gasteiger partial charge >= 0.3 is 0 Å². The average Bonchev–Trinajstić information content (AvgIpc) is 3.40. The molecule has 34 heavy (non-hydrogen) atoms. The molecule has 0 aromatic heterocycles. The lowest BCUT2D eigenvalue weighted by molar-refractivity contribution is -0.121. The van der Waals surface area contributed by atoms with Crippen molar-refractivity contribution >= 4 is 33.2 Å². The van der Waals surface area contributed by atoms with Crippen molar-refractivity contribution in [2.75, 3.05) is 35.8 Å². The fourth-order valence-electron chi connectivity index (χ4n) is 4.99. The maximum atomic E-state index is 13.1. The molecule has 2 aromatic rings. The summed E-state index contributed by atoms with van der Waals surface area (Å²) in [5.41, 5.74) is 2.71. The second-order valence-corrected chi connectivity index (χ2v) is 10.9. The van der Waals surface area contributed by atoms with Crippen LogP contribution in [0.2, 0.25) is 0 Å². The number of carbonyl (C=O) groups is 2. The summed E-state index contributed by atoms with van der Waals surface area (Å²) in [6, 6.07) is 10.3. The molecule has 10 heteroatoms. The van der Waals surface area contributed by atoms with Crippen LogP contribution in [0.4, 0.5) is 11.4 Å². The number of sulfonamides is 1. The number of fused-ring (bicyclic) bond motifs is 2. The Balaban J connectivity index is 1.20. The summed E-state index contributed by atoms with van der Waals surface area (Å²) in [6.45, 7) is 3.02. The Hall–Kier alpha value is -3.27. The van der Waals surface area contributed by atoms with E-state index in [1.807, 2.05) is 6.92 Å². The average molecular weight is 486 g/mol. The fourth-order valence-corrected chi connectivity index (χ4v) is 6.25. The molecule has 3 aliphatic rings. The van der Waals surface area contributed by atoms with Gasteiger partial charge in [0.2, 0.25) is 22.7 Å². The first kappa shape index (κ1) is 22.5. The first-order valence-corrected chi connectivity index (χ1v) is 13.2. The van der Waals surface area contributed by atoms with Gasteiger partial charge in [0.1, 0.15) is 0 Å². The van der Waals surface area contributed by atoms with Crippen LogP contribution in [-0.4, -0.2) is 57.3 Å². The molecule has 5 rings (SSSR count). The van der Waals surface area contributed by atoms with Crippen LogP contribution in [-0.2, 0) is 21.2 Å². The Morgan fingerprint density at radius 2 is 1.76 bits per heavy atom. The van der Waals surface area contributed by atoms with Gasteiger partial charge in [0.15, 0.2) is 11.5 Å². The highest BCUT2D eigenvalue weighted by molar-refractivity contribution is 7.92. The predicted molar refractivity (Wildman–Crippen MR) is 127 cm³/mol. The van der Waals surface area contributed by atoms with Crippen LogP contribution in [0.1, 0.15) is 35.7 Å². The Morgan fingerprint density at radius 3 is 2.50 bits per heavy atom. The van der Waals surface area contributed by atoms with Gasteiger partial charge in [-0.1, -0.05) is 0 Å². The lowest BCUT2D eigenvalue weighted by Gasteiger charge is -2.31.